The van der Waals surface area contributed by atoms with Crippen LogP contribution in [0, 0.1) is 35.0 Å². The third-order valence-corrected chi connectivity index (χ3v) is 12.5. The number of nitrogens with zero attached hydrogens (tertiary/aromatic N) is 3. The second-order valence-electron chi connectivity index (χ2n) is 17.3. The average Bonchev–Trinajstić information content (AvgIpc) is 3.70. The van der Waals surface area contributed by atoms with Gasteiger partial charge in [0.15, 0.2) is 5.75 Å². The maximum absolute atomic E-state index is 14.2. The van der Waals surface area contributed by atoms with Crippen LogP contribution in [0.2, 0.25) is 0 Å². The second kappa shape index (κ2) is 15.8. The summed E-state index contributed by atoms with van der Waals surface area (Å²) in [5.41, 5.74) is 4.67. The number of carbonyl (C=O) groups is 1. The van der Waals surface area contributed by atoms with Crippen LogP contribution in [0.3, 0.4) is 0 Å². The third kappa shape index (κ3) is 8.17. The van der Waals surface area contributed by atoms with E-state index in [9.17, 15) is 15.0 Å². The summed E-state index contributed by atoms with van der Waals surface area (Å²) in [4.78, 5) is 36.3. The fourth-order valence-electron chi connectivity index (χ4n) is 9.70. The molecule has 51 heavy (non-hydrogen) atoms. The quantitative estimate of drug-likeness (QED) is 0.217. The van der Waals surface area contributed by atoms with Crippen molar-refractivity contribution in [2.75, 3.05) is 27.2 Å². The number of likely N-dealkylation sites (N-methyl/N-ethyl adjacent to an activating group) is 1. The molecule has 282 valence electrons. The molecule has 3 saturated carbocycles. The number of hydroxylamine groups is 2. The standard InChI is InChI=1S/C41H62N4O6/c1-25(2)15-33(22-43(7)8)44(21-30-13-10-14-31-24-49-51-39(30)31)19-28-11-9-12-29(16-28)20-45-38(37(27(4)47)36(23-46)50-45)40(48)42-35-18-32-17-34(26(35)3)41(32,5)6/h9-14,16,25-27,32-38,46-47H,15,17-24H2,1-8H3,(H,42,48)/t26-,27-,32+,33-,34-,35-,36-,37+,38-/m0/s1. The van der Waals surface area contributed by atoms with E-state index in [-0.39, 0.29) is 18.6 Å². The fourth-order valence-corrected chi connectivity index (χ4v) is 9.70. The number of para-hydroxylation sites is 1. The maximum atomic E-state index is 14.2. The average molecular weight is 707 g/mol. The largest absolute Gasteiger partial charge is 0.394 e. The van der Waals surface area contributed by atoms with Crippen molar-refractivity contribution in [3.05, 3.63) is 64.7 Å². The Morgan fingerprint density at radius 1 is 1.08 bits per heavy atom. The van der Waals surface area contributed by atoms with E-state index in [0.717, 1.165) is 53.9 Å². The number of aliphatic hydroxyl groups excluding tert-OH is 2. The molecule has 2 heterocycles. The Hall–Kier alpha value is -2.57. The Kier molecular flexibility index (Phi) is 11.8. The molecule has 5 aliphatic rings. The molecule has 2 bridgehead atoms. The number of fused-ring (bicyclic) bond motifs is 3. The minimum atomic E-state index is -0.831. The zero-order chi connectivity index (χ0) is 36.6. The number of hydrogen-bond acceptors (Lipinski definition) is 9. The van der Waals surface area contributed by atoms with Crippen LogP contribution in [-0.2, 0) is 40.8 Å². The Labute approximate surface area is 305 Å². The minimum Gasteiger partial charge on any atom is -0.394 e. The summed E-state index contributed by atoms with van der Waals surface area (Å²) >= 11 is 0. The summed E-state index contributed by atoms with van der Waals surface area (Å²) in [7, 11) is 4.26. The highest BCUT2D eigenvalue weighted by molar-refractivity contribution is 5.82. The molecule has 10 heteroatoms. The van der Waals surface area contributed by atoms with Crippen molar-refractivity contribution in [3.8, 4) is 5.75 Å². The van der Waals surface area contributed by atoms with Gasteiger partial charge in [-0.25, -0.2) is 0 Å². The van der Waals surface area contributed by atoms with Gasteiger partial charge >= 0.3 is 0 Å². The van der Waals surface area contributed by atoms with Gasteiger partial charge in [-0.15, -0.1) is 0 Å². The van der Waals surface area contributed by atoms with E-state index in [4.69, 9.17) is 14.6 Å². The van der Waals surface area contributed by atoms with Crippen molar-refractivity contribution in [1.82, 2.24) is 20.2 Å². The van der Waals surface area contributed by atoms with Crippen molar-refractivity contribution >= 4 is 5.91 Å². The Morgan fingerprint density at radius 3 is 2.49 bits per heavy atom. The lowest BCUT2D eigenvalue weighted by molar-refractivity contribution is -0.195. The number of rotatable bonds is 15. The summed E-state index contributed by atoms with van der Waals surface area (Å²) in [6.07, 6.45) is 1.75. The molecule has 0 radical (unpaired) electrons. The van der Waals surface area contributed by atoms with Gasteiger partial charge in [0.05, 0.1) is 19.3 Å². The molecule has 10 nitrogen and oxygen atoms in total. The van der Waals surface area contributed by atoms with Crippen LogP contribution in [-0.4, -0.2) is 88.6 Å². The normalized spacial score (nSPS) is 29.5. The lowest BCUT2D eigenvalue weighted by atomic mass is 9.45. The zero-order valence-electron chi connectivity index (χ0n) is 32.0. The van der Waals surface area contributed by atoms with Gasteiger partial charge in [-0.05, 0) is 80.5 Å². The molecule has 0 spiro atoms. The minimum absolute atomic E-state index is 0.0945. The van der Waals surface area contributed by atoms with Crippen LogP contribution in [0.1, 0.15) is 83.1 Å². The van der Waals surface area contributed by atoms with E-state index in [1.54, 1.807) is 12.0 Å². The smallest absolute Gasteiger partial charge is 0.240 e. The van der Waals surface area contributed by atoms with Gasteiger partial charge in [0.1, 0.15) is 18.8 Å². The van der Waals surface area contributed by atoms with Gasteiger partial charge in [-0.3, -0.25) is 14.5 Å². The fraction of sp³-hybridized carbons (Fsp3) is 0.683. The molecule has 3 aliphatic carbocycles. The first-order chi connectivity index (χ1) is 24.3. The highest BCUT2D eigenvalue weighted by Crippen LogP contribution is 2.61. The predicted molar refractivity (Wildman–Crippen MR) is 197 cm³/mol. The molecular formula is C41H62N4O6. The third-order valence-electron chi connectivity index (χ3n) is 12.5. The molecule has 1 saturated heterocycles. The molecule has 2 aromatic carbocycles. The van der Waals surface area contributed by atoms with Crippen LogP contribution < -0.4 is 10.2 Å². The first-order valence-corrected chi connectivity index (χ1v) is 19.2. The van der Waals surface area contributed by atoms with E-state index < -0.39 is 24.2 Å². The Bertz CT molecular complexity index is 1490. The van der Waals surface area contributed by atoms with Gasteiger partial charge in [0, 0.05) is 48.8 Å². The topological polar surface area (TPSA) is 107 Å². The number of hydrogen-bond donors (Lipinski definition) is 3. The molecule has 0 unspecified atom stereocenters. The molecule has 2 aromatic rings. The van der Waals surface area contributed by atoms with Crippen LogP contribution in [0.4, 0.5) is 0 Å². The van der Waals surface area contributed by atoms with Gasteiger partial charge in [-0.2, -0.15) is 9.95 Å². The molecule has 1 amide bonds. The van der Waals surface area contributed by atoms with Crippen LogP contribution in [0.15, 0.2) is 42.5 Å². The van der Waals surface area contributed by atoms with E-state index in [0.29, 0.717) is 54.8 Å². The predicted octanol–water partition coefficient (Wildman–Crippen LogP) is 5.15. The van der Waals surface area contributed by atoms with Gasteiger partial charge in [-0.1, -0.05) is 77.1 Å². The first-order valence-electron chi connectivity index (χ1n) is 19.2. The summed E-state index contributed by atoms with van der Waals surface area (Å²) in [5, 5.41) is 26.3. The molecule has 9 atom stereocenters. The van der Waals surface area contributed by atoms with Gasteiger partial charge in [0.25, 0.3) is 0 Å². The molecule has 2 aliphatic heterocycles. The van der Waals surface area contributed by atoms with Crippen molar-refractivity contribution in [3.63, 3.8) is 0 Å². The lowest BCUT2D eigenvalue weighted by Crippen LogP contribution is -2.62. The monoisotopic (exact) mass is 706 g/mol. The highest BCUT2D eigenvalue weighted by atomic mass is 17.2. The van der Waals surface area contributed by atoms with Gasteiger partial charge < -0.3 is 25.3 Å². The first kappa shape index (κ1) is 38.2. The van der Waals surface area contributed by atoms with E-state index >= 15 is 0 Å². The van der Waals surface area contributed by atoms with E-state index in [1.165, 1.54) is 6.42 Å². The van der Waals surface area contributed by atoms with Crippen LogP contribution in [0.25, 0.3) is 0 Å². The SMILES string of the molecule is CC(C)C[C@@H](CN(C)C)N(Cc1cccc(CN2O[C@@H](CO)[C@@H]([C@H](C)O)[C@H]2C(=O)N[C@H]2C[C@H]3C[C@@H]([C@@H]2C)C3(C)C)c1)Cc1cccc2c1OOC2. The van der Waals surface area contributed by atoms with E-state index in [2.05, 4.69) is 106 Å². The van der Waals surface area contributed by atoms with Crippen molar-refractivity contribution in [2.45, 2.75) is 117 Å². The number of carbonyl (C=O) groups excluding carboxylic acids is 1. The number of amides is 1. The molecule has 3 N–H and O–H groups in total. The molecule has 0 aromatic heterocycles. The van der Waals surface area contributed by atoms with Crippen molar-refractivity contribution in [1.29, 1.82) is 0 Å². The summed E-state index contributed by atoms with van der Waals surface area (Å²) in [6, 6.07) is 14.4. The highest BCUT2D eigenvalue weighted by Gasteiger charge is 2.57. The van der Waals surface area contributed by atoms with Crippen molar-refractivity contribution < 1.29 is 29.6 Å². The Morgan fingerprint density at radius 2 is 1.82 bits per heavy atom. The maximum Gasteiger partial charge on any atom is 0.240 e. The molecule has 4 fully saturated rings. The van der Waals surface area contributed by atoms with E-state index in [1.807, 2.05) is 0 Å². The number of benzene rings is 2. The van der Waals surface area contributed by atoms with Crippen LogP contribution in [0.5, 0.6) is 5.75 Å². The number of nitrogens with one attached hydrogen (secondary N) is 1. The zero-order valence-corrected chi connectivity index (χ0v) is 32.0. The lowest BCUT2D eigenvalue weighted by Gasteiger charge is -2.62. The second-order valence-corrected chi connectivity index (χ2v) is 17.3. The summed E-state index contributed by atoms with van der Waals surface area (Å²) in [5.74, 6) is 2.26. The Balaban J connectivity index is 1.22. The van der Waals surface area contributed by atoms with Crippen molar-refractivity contribution in [2.24, 2.45) is 35.0 Å². The van der Waals surface area contributed by atoms with Crippen LogP contribution >= 0.6 is 0 Å². The summed E-state index contributed by atoms with van der Waals surface area (Å²) in [6.45, 7) is 16.1. The molecular weight excluding hydrogens is 644 g/mol. The van der Waals surface area contributed by atoms with Gasteiger partial charge in [0.2, 0.25) is 5.91 Å². The number of aliphatic hydroxyl groups is 2. The molecule has 7 rings (SSSR count). The summed E-state index contributed by atoms with van der Waals surface area (Å²) < 4.78 is 0.